The summed E-state index contributed by atoms with van der Waals surface area (Å²) in [6, 6.07) is 0. The molecule has 0 amide bonds. The minimum Gasteiger partial charge on any atom is -0.373 e. The van der Waals surface area contributed by atoms with Gasteiger partial charge in [-0.3, -0.25) is 0 Å². The van der Waals surface area contributed by atoms with E-state index in [1.54, 1.807) is 7.11 Å². The fraction of sp³-hybridized carbons (Fsp3) is 0.556. The molecule has 0 aliphatic rings. The molecule has 3 nitrogen and oxygen atoms in total. The van der Waals surface area contributed by atoms with Crippen molar-refractivity contribution in [2.24, 2.45) is 0 Å². The van der Waals surface area contributed by atoms with Crippen LogP contribution in [0.5, 0.6) is 0 Å². The number of rotatable bonds is 3. The zero-order valence-electron chi connectivity index (χ0n) is 7.74. The highest BCUT2D eigenvalue weighted by Gasteiger charge is 2.09. The molecule has 1 aromatic heterocycles. The lowest BCUT2D eigenvalue weighted by atomic mass is 10.2. The number of nitrogens with zero attached hydrogens (tertiary/aromatic N) is 2. The van der Waals surface area contributed by atoms with Crippen LogP contribution < -0.4 is 0 Å². The van der Waals surface area contributed by atoms with E-state index < -0.39 is 0 Å². The summed E-state index contributed by atoms with van der Waals surface area (Å²) in [6.07, 6.45) is 4.55. The van der Waals surface area contributed by atoms with E-state index in [1.807, 2.05) is 19.3 Å². The van der Waals surface area contributed by atoms with Gasteiger partial charge in [0.1, 0.15) is 6.10 Å². The van der Waals surface area contributed by atoms with E-state index in [1.165, 1.54) is 0 Å². The van der Waals surface area contributed by atoms with Crippen LogP contribution >= 0.6 is 0 Å². The zero-order chi connectivity index (χ0) is 8.97. The van der Waals surface area contributed by atoms with Gasteiger partial charge in [-0.15, -0.1) is 0 Å². The van der Waals surface area contributed by atoms with Gasteiger partial charge in [0.25, 0.3) is 0 Å². The third kappa shape index (κ3) is 2.01. The molecule has 0 saturated heterocycles. The van der Waals surface area contributed by atoms with Crippen LogP contribution in [0.2, 0.25) is 0 Å². The van der Waals surface area contributed by atoms with Crippen LogP contribution in [0.1, 0.15) is 30.8 Å². The molecule has 0 fully saturated rings. The van der Waals surface area contributed by atoms with E-state index in [4.69, 9.17) is 4.74 Å². The van der Waals surface area contributed by atoms with Crippen molar-refractivity contribution in [2.45, 2.75) is 26.4 Å². The largest absolute Gasteiger partial charge is 0.373 e. The molecular weight excluding hydrogens is 152 g/mol. The minimum absolute atomic E-state index is 0.0330. The van der Waals surface area contributed by atoms with Crippen molar-refractivity contribution in [3.8, 4) is 0 Å². The molecule has 0 spiro atoms. The van der Waals surface area contributed by atoms with Crippen molar-refractivity contribution in [2.75, 3.05) is 7.11 Å². The van der Waals surface area contributed by atoms with Crippen molar-refractivity contribution < 1.29 is 4.74 Å². The molecule has 0 unspecified atom stereocenters. The number of hydrogen-bond acceptors (Lipinski definition) is 3. The Balaban J connectivity index is 2.80. The highest BCUT2D eigenvalue weighted by Crippen LogP contribution is 2.14. The smallest absolute Gasteiger partial charge is 0.157 e. The Hall–Kier alpha value is -0.960. The summed E-state index contributed by atoms with van der Waals surface area (Å²) in [7, 11) is 1.68. The minimum atomic E-state index is 0.0330. The molecule has 1 rings (SSSR count). The van der Waals surface area contributed by atoms with Crippen molar-refractivity contribution in [1.29, 1.82) is 0 Å². The first kappa shape index (κ1) is 9.13. The average molecular weight is 166 g/mol. The Kier molecular flexibility index (Phi) is 3.17. The Bertz CT molecular complexity index is 229. The quantitative estimate of drug-likeness (QED) is 0.687. The first-order valence-corrected chi connectivity index (χ1v) is 4.09. The predicted octanol–water partition coefficient (Wildman–Crippen LogP) is 1.88. The normalized spacial score (nSPS) is 12.9. The van der Waals surface area contributed by atoms with Crippen LogP contribution in [0.3, 0.4) is 0 Å². The lowest BCUT2D eigenvalue weighted by molar-refractivity contribution is 0.0925. The van der Waals surface area contributed by atoms with Crippen LogP contribution in [0.4, 0.5) is 0 Å². The third-order valence-corrected chi connectivity index (χ3v) is 1.74. The van der Waals surface area contributed by atoms with E-state index in [0.29, 0.717) is 0 Å². The van der Waals surface area contributed by atoms with E-state index >= 15 is 0 Å². The molecule has 0 aromatic carbocycles. The zero-order valence-corrected chi connectivity index (χ0v) is 7.74. The summed E-state index contributed by atoms with van der Waals surface area (Å²) in [5.74, 6) is 0.769. The van der Waals surface area contributed by atoms with E-state index in [0.717, 1.165) is 17.8 Å². The SMILES string of the molecule is CC[C@H](OC)c1ncc(C)cn1. The van der Waals surface area contributed by atoms with Gasteiger partial charge in [-0.25, -0.2) is 9.97 Å². The second-order valence-electron chi connectivity index (χ2n) is 2.75. The van der Waals surface area contributed by atoms with Gasteiger partial charge in [-0.1, -0.05) is 6.92 Å². The summed E-state index contributed by atoms with van der Waals surface area (Å²) in [6.45, 7) is 4.02. The van der Waals surface area contributed by atoms with Gasteiger partial charge in [-0.05, 0) is 18.9 Å². The van der Waals surface area contributed by atoms with E-state index in [9.17, 15) is 0 Å². The number of methoxy groups -OCH3 is 1. The topological polar surface area (TPSA) is 35.0 Å². The first-order valence-electron chi connectivity index (χ1n) is 4.09. The fourth-order valence-electron chi connectivity index (χ4n) is 1.02. The molecule has 3 heteroatoms. The second kappa shape index (κ2) is 4.16. The molecule has 0 N–H and O–H groups in total. The molecule has 0 aliphatic heterocycles. The van der Waals surface area contributed by atoms with Crippen molar-refractivity contribution in [3.63, 3.8) is 0 Å². The van der Waals surface area contributed by atoms with Crippen LogP contribution in [0, 0.1) is 6.92 Å². The summed E-state index contributed by atoms with van der Waals surface area (Å²) < 4.78 is 5.20. The van der Waals surface area contributed by atoms with Gasteiger partial charge in [0.2, 0.25) is 0 Å². The Labute approximate surface area is 72.8 Å². The fourth-order valence-corrected chi connectivity index (χ4v) is 1.02. The van der Waals surface area contributed by atoms with Crippen LogP contribution in [0.15, 0.2) is 12.4 Å². The van der Waals surface area contributed by atoms with Gasteiger partial charge >= 0.3 is 0 Å². The molecule has 1 aromatic rings. The average Bonchev–Trinajstić information content (AvgIpc) is 2.10. The Morgan fingerprint density at radius 3 is 2.42 bits per heavy atom. The van der Waals surface area contributed by atoms with Crippen LogP contribution in [-0.2, 0) is 4.74 Å². The third-order valence-electron chi connectivity index (χ3n) is 1.74. The highest BCUT2D eigenvalue weighted by molar-refractivity contribution is 5.03. The number of aryl methyl sites for hydroxylation is 1. The van der Waals surface area contributed by atoms with Gasteiger partial charge in [0, 0.05) is 19.5 Å². The summed E-state index contributed by atoms with van der Waals surface area (Å²) >= 11 is 0. The standard InChI is InChI=1S/C9H14N2O/c1-4-8(12-3)9-10-5-7(2)6-11-9/h5-6,8H,4H2,1-3H3/t8-/m0/s1. The molecular formula is C9H14N2O. The second-order valence-corrected chi connectivity index (χ2v) is 2.75. The molecule has 0 saturated carbocycles. The van der Waals surface area contributed by atoms with E-state index in [2.05, 4.69) is 16.9 Å². The first-order chi connectivity index (χ1) is 5.77. The van der Waals surface area contributed by atoms with Crippen LogP contribution in [-0.4, -0.2) is 17.1 Å². The van der Waals surface area contributed by atoms with E-state index in [-0.39, 0.29) is 6.10 Å². The number of hydrogen-bond donors (Lipinski definition) is 0. The number of aromatic nitrogens is 2. The Morgan fingerprint density at radius 2 is 2.00 bits per heavy atom. The van der Waals surface area contributed by atoms with Gasteiger partial charge < -0.3 is 4.74 Å². The molecule has 1 atom stereocenters. The molecule has 12 heavy (non-hydrogen) atoms. The van der Waals surface area contributed by atoms with Crippen molar-refractivity contribution in [3.05, 3.63) is 23.8 Å². The monoisotopic (exact) mass is 166 g/mol. The lowest BCUT2D eigenvalue weighted by Gasteiger charge is -2.10. The van der Waals surface area contributed by atoms with Crippen molar-refractivity contribution in [1.82, 2.24) is 9.97 Å². The Morgan fingerprint density at radius 1 is 1.42 bits per heavy atom. The maximum atomic E-state index is 5.20. The van der Waals surface area contributed by atoms with Gasteiger partial charge in [-0.2, -0.15) is 0 Å². The summed E-state index contributed by atoms with van der Waals surface area (Å²) in [4.78, 5) is 8.37. The van der Waals surface area contributed by atoms with Gasteiger partial charge in [0.05, 0.1) is 0 Å². The molecule has 0 radical (unpaired) electrons. The molecule has 66 valence electrons. The van der Waals surface area contributed by atoms with Gasteiger partial charge in [0.15, 0.2) is 5.82 Å². The highest BCUT2D eigenvalue weighted by atomic mass is 16.5. The van der Waals surface area contributed by atoms with Crippen molar-refractivity contribution >= 4 is 0 Å². The molecule has 1 heterocycles. The lowest BCUT2D eigenvalue weighted by Crippen LogP contribution is -2.05. The van der Waals surface area contributed by atoms with Crippen LogP contribution in [0.25, 0.3) is 0 Å². The molecule has 0 bridgehead atoms. The maximum Gasteiger partial charge on any atom is 0.157 e. The molecule has 0 aliphatic carbocycles. The maximum absolute atomic E-state index is 5.20. The number of ether oxygens (including phenoxy) is 1. The predicted molar refractivity (Wildman–Crippen MR) is 46.8 cm³/mol. The summed E-state index contributed by atoms with van der Waals surface area (Å²) in [5.41, 5.74) is 1.07. The summed E-state index contributed by atoms with van der Waals surface area (Å²) in [5, 5.41) is 0.